The molecule has 3 aromatic rings. The third kappa shape index (κ3) is 6.62. The molecule has 3 rings (SSSR count). The van der Waals surface area contributed by atoms with Crippen molar-refractivity contribution in [2.24, 2.45) is 5.10 Å². The summed E-state index contributed by atoms with van der Waals surface area (Å²) in [6, 6.07) is 20.1. The van der Waals surface area contributed by atoms with Crippen LogP contribution in [-0.2, 0) is 10.0 Å². The number of carbonyl (C=O) groups is 2. The minimum absolute atomic E-state index is 0.0508. The number of nitrogens with zero attached hydrogens (tertiary/aromatic N) is 2. The molecule has 8 nitrogen and oxygen atoms in total. The maximum atomic E-state index is 12.7. The molecule has 0 radical (unpaired) electrons. The summed E-state index contributed by atoms with van der Waals surface area (Å²) >= 11 is 0. The molecule has 0 aliphatic heterocycles. The van der Waals surface area contributed by atoms with E-state index in [2.05, 4.69) is 15.8 Å². The summed E-state index contributed by atoms with van der Waals surface area (Å²) in [6.07, 6.45) is 1.44. The SMILES string of the molecule is CCN(CC)S(=O)(=O)c1cccc(C(=O)N/N=C/c2cccc(NC(=O)c3ccc(C)cc3)c2)c1. The molecule has 9 heteroatoms. The average molecular weight is 493 g/mol. The Morgan fingerprint density at radius 2 is 1.57 bits per heavy atom. The first-order valence-electron chi connectivity index (χ1n) is 11.2. The first-order chi connectivity index (χ1) is 16.7. The van der Waals surface area contributed by atoms with Crippen LogP contribution < -0.4 is 10.7 Å². The molecule has 0 atom stereocenters. The van der Waals surface area contributed by atoms with Crippen LogP contribution in [0, 0.1) is 6.92 Å². The molecule has 0 unspecified atom stereocenters. The Balaban J connectivity index is 1.66. The number of benzene rings is 3. The van der Waals surface area contributed by atoms with E-state index in [0.717, 1.165) is 5.56 Å². The normalized spacial score (nSPS) is 11.5. The zero-order chi connectivity index (χ0) is 25.4. The van der Waals surface area contributed by atoms with Crippen molar-refractivity contribution in [3.63, 3.8) is 0 Å². The predicted molar refractivity (Wildman–Crippen MR) is 137 cm³/mol. The number of hydrogen-bond acceptors (Lipinski definition) is 5. The molecule has 0 aromatic heterocycles. The first-order valence-corrected chi connectivity index (χ1v) is 12.6. The van der Waals surface area contributed by atoms with E-state index >= 15 is 0 Å². The molecule has 0 spiro atoms. The minimum Gasteiger partial charge on any atom is -0.322 e. The van der Waals surface area contributed by atoms with Gasteiger partial charge in [0.15, 0.2) is 0 Å². The average Bonchev–Trinajstić information content (AvgIpc) is 2.85. The van der Waals surface area contributed by atoms with Crippen molar-refractivity contribution < 1.29 is 18.0 Å². The van der Waals surface area contributed by atoms with Crippen molar-refractivity contribution in [2.75, 3.05) is 18.4 Å². The largest absolute Gasteiger partial charge is 0.322 e. The summed E-state index contributed by atoms with van der Waals surface area (Å²) in [4.78, 5) is 25.0. The quantitative estimate of drug-likeness (QED) is 0.347. The van der Waals surface area contributed by atoms with Crippen molar-refractivity contribution in [3.05, 3.63) is 95.1 Å². The van der Waals surface area contributed by atoms with Gasteiger partial charge in [-0.05, 0) is 55.0 Å². The van der Waals surface area contributed by atoms with Crippen LogP contribution in [-0.4, -0.2) is 43.8 Å². The molecule has 3 aromatic carbocycles. The summed E-state index contributed by atoms with van der Waals surface area (Å²) in [5.41, 5.74) is 5.44. The second-order valence-electron chi connectivity index (χ2n) is 7.76. The lowest BCUT2D eigenvalue weighted by molar-refractivity contribution is 0.0954. The summed E-state index contributed by atoms with van der Waals surface area (Å²) in [5, 5.41) is 6.80. The summed E-state index contributed by atoms with van der Waals surface area (Å²) in [6.45, 7) is 6.15. The van der Waals surface area contributed by atoms with Crippen molar-refractivity contribution in [1.29, 1.82) is 0 Å². The number of sulfonamides is 1. The van der Waals surface area contributed by atoms with Gasteiger partial charge in [-0.3, -0.25) is 9.59 Å². The minimum atomic E-state index is -3.68. The van der Waals surface area contributed by atoms with Gasteiger partial charge < -0.3 is 5.32 Å². The van der Waals surface area contributed by atoms with Crippen LogP contribution in [0.3, 0.4) is 0 Å². The summed E-state index contributed by atoms with van der Waals surface area (Å²) in [7, 11) is -3.68. The lowest BCUT2D eigenvalue weighted by Crippen LogP contribution is -2.30. The van der Waals surface area contributed by atoms with E-state index in [1.54, 1.807) is 50.2 Å². The number of anilines is 1. The van der Waals surface area contributed by atoms with Gasteiger partial charge in [-0.15, -0.1) is 0 Å². The smallest absolute Gasteiger partial charge is 0.271 e. The van der Waals surface area contributed by atoms with Gasteiger partial charge in [0.05, 0.1) is 11.1 Å². The van der Waals surface area contributed by atoms with Crippen LogP contribution in [0.4, 0.5) is 5.69 Å². The number of amides is 2. The van der Waals surface area contributed by atoms with Gasteiger partial charge in [-0.25, -0.2) is 13.8 Å². The zero-order valence-corrected chi connectivity index (χ0v) is 20.7. The Morgan fingerprint density at radius 3 is 2.26 bits per heavy atom. The highest BCUT2D eigenvalue weighted by Crippen LogP contribution is 2.17. The number of hydrazone groups is 1. The Labute approximate surface area is 205 Å². The van der Waals surface area contributed by atoms with Gasteiger partial charge in [-0.2, -0.15) is 9.41 Å². The van der Waals surface area contributed by atoms with Gasteiger partial charge >= 0.3 is 0 Å². The lowest BCUT2D eigenvalue weighted by Gasteiger charge is -2.18. The van der Waals surface area contributed by atoms with Crippen LogP contribution in [0.1, 0.15) is 45.7 Å². The molecular formula is C26H28N4O4S. The van der Waals surface area contributed by atoms with E-state index in [1.807, 2.05) is 19.1 Å². The monoisotopic (exact) mass is 492 g/mol. The molecule has 0 aliphatic carbocycles. The van der Waals surface area contributed by atoms with Gasteiger partial charge in [0.1, 0.15) is 0 Å². The van der Waals surface area contributed by atoms with Crippen LogP contribution in [0.15, 0.2) is 82.8 Å². The highest BCUT2D eigenvalue weighted by molar-refractivity contribution is 7.89. The highest BCUT2D eigenvalue weighted by atomic mass is 32.2. The molecule has 0 bridgehead atoms. The van der Waals surface area contributed by atoms with Crippen LogP contribution in [0.25, 0.3) is 0 Å². The molecule has 0 fully saturated rings. The standard InChI is InChI=1S/C26H28N4O4S/c1-4-30(5-2)35(33,34)24-11-7-9-22(17-24)26(32)29-27-18-20-8-6-10-23(16-20)28-25(31)21-14-12-19(3)13-15-21/h6-18H,4-5H2,1-3H3,(H,28,31)(H,29,32)/b27-18+. The Hall–Kier alpha value is -3.82. The fourth-order valence-electron chi connectivity index (χ4n) is 3.35. The topological polar surface area (TPSA) is 108 Å². The first kappa shape index (κ1) is 25.8. The van der Waals surface area contributed by atoms with E-state index in [0.29, 0.717) is 29.9 Å². The van der Waals surface area contributed by atoms with E-state index in [-0.39, 0.29) is 16.4 Å². The van der Waals surface area contributed by atoms with Crippen molar-refractivity contribution >= 4 is 33.7 Å². The number of aryl methyl sites for hydroxylation is 1. The van der Waals surface area contributed by atoms with Gasteiger partial charge in [-0.1, -0.05) is 49.7 Å². The molecule has 0 aliphatic rings. The fourth-order valence-corrected chi connectivity index (χ4v) is 4.85. The number of nitrogens with one attached hydrogen (secondary N) is 2. The predicted octanol–water partition coefficient (Wildman–Crippen LogP) is 4.04. The molecule has 0 heterocycles. The third-order valence-corrected chi connectivity index (χ3v) is 7.32. The molecule has 2 amide bonds. The molecule has 0 saturated carbocycles. The van der Waals surface area contributed by atoms with Crippen molar-refractivity contribution in [1.82, 2.24) is 9.73 Å². The number of rotatable bonds is 9. The lowest BCUT2D eigenvalue weighted by atomic mass is 10.1. The molecular weight excluding hydrogens is 464 g/mol. The second kappa shape index (κ2) is 11.5. The fraction of sp³-hybridized carbons (Fsp3) is 0.192. The third-order valence-electron chi connectivity index (χ3n) is 5.28. The number of carbonyl (C=O) groups excluding carboxylic acids is 2. The Kier molecular flexibility index (Phi) is 8.51. The zero-order valence-electron chi connectivity index (χ0n) is 19.9. The van der Waals surface area contributed by atoms with E-state index in [9.17, 15) is 18.0 Å². The maximum absolute atomic E-state index is 12.7. The van der Waals surface area contributed by atoms with Gasteiger partial charge in [0.25, 0.3) is 11.8 Å². The summed E-state index contributed by atoms with van der Waals surface area (Å²) in [5.74, 6) is -0.770. The van der Waals surface area contributed by atoms with E-state index in [4.69, 9.17) is 0 Å². The van der Waals surface area contributed by atoms with Crippen molar-refractivity contribution in [3.8, 4) is 0 Å². The van der Waals surface area contributed by atoms with Gasteiger partial charge in [0.2, 0.25) is 10.0 Å². The molecule has 35 heavy (non-hydrogen) atoms. The number of hydrogen-bond donors (Lipinski definition) is 2. The van der Waals surface area contributed by atoms with E-state index < -0.39 is 15.9 Å². The van der Waals surface area contributed by atoms with Gasteiger partial charge in [0, 0.05) is 29.9 Å². The second-order valence-corrected chi connectivity index (χ2v) is 9.70. The molecule has 2 N–H and O–H groups in total. The highest BCUT2D eigenvalue weighted by Gasteiger charge is 2.22. The summed E-state index contributed by atoms with van der Waals surface area (Å²) < 4.78 is 26.8. The maximum Gasteiger partial charge on any atom is 0.271 e. The Bertz CT molecular complexity index is 1330. The van der Waals surface area contributed by atoms with Crippen molar-refractivity contribution in [2.45, 2.75) is 25.7 Å². The van der Waals surface area contributed by atoms with Crippen LogP contribution in [0.2, 0.25) is 0 Å². The van der Waals surface area contributed by atoms with Crippen LogP contribution in [0.5, 0.6) is 0 Å². The van der Waals surface area contributed by atoms with E-state index in [1.165, 1.54) is 34.8 Å². The van der Waals surface area contributed by atoms with Crippen LogP contribution >= 0.6 is 0 Å². The molecule has 0 saturated heterocycles. The Morgan fingerprint density at radius 1 is 0.886 bits per heavy atom. The molecule has 182 valence electrons.